The number of aliphatic hydroxyl groups is 2. The largest absolute Gasteiger partial charge is 0.486 e. The van der Waals surface area contributed by atoms with E-state index in [1.54, 1.807) is 41.5 Å². The molecular formula is C68H80FN11O11S. The minimum absolute atomic E-state index is 0.00584. The number of nitrogens with zero attached hydrogens (tertiary/aromatic N) is 10. The lowest BCUT2D eigenvalue weighted by atomic mass is 9.88. The maximum absolute atomic E-state index is 16.9. The van der Waals surface area contributed by atoms with E-state index in [-0.39, 0.29) is 75.4 Å². The lowest BCUT2D eigenvalue weighted by Crippen LogP contribution is -2.50. The van der Waals surface area contributed by atoms with E-state index >= 15 is 4.39 Å². The smallest absolute Gasteiger partial charge is 0.410 e. The van der Waals surface area contributed by atoms with Crippen molar-refractivity contribution in [3.63, 3.8) is 0 Å². The van der Waals surface area contributed by atoms with Gasteiger partial charge in [-0.2, -0.15) is 15.1 Å². The molecule has 3 N–H and O–H groups in total. The third kappa shape index (κ3) is 13.5. The highest BCUT2D eigenvalue weighted by Gasteiger charge is 2.44. The summed E-state index contributed by atoms with van der Waals surface area (Å²) in [5.41, 5.74) is 9.20. The Balaban J connectivity index is 0.852. The van der Waals surface area contributed by atoms with Crippen molar-refractivity contribution in [2.45, 2.75) is 161 Å². The fraction of sp³-hybridized carbons (Fsp3) is 0.485. The summed E-state index contributed by atoms with van der Waals surface area (Å²) < 4.78 is 58.0. The van der Waals surface area contributed by atoms with Crippen LogP contribution >= 0.6 is 11.3 Å². The fourth-order valence-corrected chi connectivity index (χ4v) is 13.4. The van der Waals surface area contributed by atoms with Crippen LogP contribution in [-0.2, 0) is 30.4 Å². The van der Waals surface area contributed by atoms with E-state index in [4.69, 9.17) is 43.5 Å². The Morgan fingerprint density at radius 3 is 2.38 bits per heavy atom. The Bertz CT molecular complexity index is 3990. The zero-order valence-electron chi connectivity index (χ0n) is 53.4. The van der Waals surface area contributed by atoms with E-state index in [1.165, 1.54) is 27.0 Å². The summed E-state index contributed by atoms with van der Waals surface area (Å²) in [6.45, 7) is 15.8. The maximum Gasteiger partial charge on any atom is 0.410 e. The minimum atomic E-state index is -1.01. The molecule has 4 fully saturated rings. The molecule has 22 nitrogen and oxygen atoms in total. The Labute approximate surface area is 537 Å². The molecule has 3 saturated heterocycles. The van der Waals surface area contributed by atoms with Crippen LogP contribution in [0, 0.1) is 25.6 Å². The molecule has 8 aromatic rings. The van der Waals surface area contributed by atoms with Crippen LogP contribution in [-0.4, -0.2) is 154 Å². The summed E-state index contributed by atoms with van der Waals surface area (Å²) in [4.78, 5) is 60.5. The van der Waals surface area contributed by atoms with Crippen molar-refractivity contribution in [1.82, 2.24) is 54.8 Å². The molecule has 4 aromatic heterocycles. The van der Waals surface area contributed by atoms with Crippen molar-refractivity contribution in [2.24, 2.45) is 5.92 Å². The molecule has 0 spiro atoms. The minimum Gasteiger partial charge on any atom is -0.486 e. The molecule has 92 heavy (non-hydrogen) atoms. The number of β-amino-alcohol motifs (C(OH)–C–C–N with tert-alkyl or cyclic N) is 1. The van der Waals surface area contributed by atoms with Crippen LogP contribution in [0.2, 0.25) is 0 Å². The second-order valence-electron chi connectivity index (χ2n) is 26.0. The number of thiazole rings is 1. The first-order valence-electron chi connectivity index (χ1n) is 31.7. The normalized spacial score (nSPS) is 19.6. The van der Waals surface area contributed by atoms with Gasteiger partial charge in [-0.25, -0.2) is 23.5 Å². The predicted octanol–water partition coefficient (Wildman–Crippen LogP) is 10.8. The molecule has 0 radical (unpaired) electrons. The van der Waals surface area contributed by atoms with Gasteiger partial charge < -0.3 is 53.8 Å². The molecule has 1 aliphatic carbocycles. The van der Waals surface area contributed by atoms with E-state index in [0.717, 1.165) is 64.8 Å². The number of hydrogen-bond donors (Lipinski definition) is 3. The molecule has 0 bridgehead atoms. The third-order valence-electron chi connectivity index (χ3n) is 17.6. The highest BCUT2D eigenvalue weighted by molar-refractivity contribution is 7.13. The molecule has 12 rings (SSSR count). The topological polar surface area (TPSA) is 253 Å². The van der Waals surface area contributed by atoms with Gasteiger partial charge >= 0.3 is 12.1 Å². The number of methoxy groups -OCH3 is 1. The van der Waals surface area contributed by atoms with E-state index in [0.29, 0.717) is 75.3 Å². The first-order valence-corrected chi connectivity index (χ1v) is 32.6. The number of nitrogens with one attached hydrogen (secondary N) is 1. The lowest BCUT2D eigenvalue weighted by molar-refractivity contribution is -0.142. The summed E-state index contributed by atoms with van der Waals surface area (Å²) in [6, 6.07) is 16.1. The van der Waals surface area contributed by atoms with Crippen LogP contribution in [0.15, 0.2) is 78.6 Å². The predicted molar refractivity (Wildman–Crippen MR) is 343 cm³/mol. The molecule has 7 atom stereocenters. The van der Waals surface area contributed by atoms with Crippen molar-refractivity contribution in [3.8, 4) is 50.5 Å². The van der Waals surface area contributed by atoms with Gasteiger partial charge in [0.2, 0.25) is 17.7 Å². The second kappa shape index (κ2) is 26.8. The standard InChI is InChI=1S/C68H80FN11O11S/c1-37(2)60(65(84)78-30-46(82)26-55(78)63(83)72-53(33-81)44-19-21-45(22-20-44)62-40(5)70-36-92-62)79-32-52(75-76-79)43-15-13-41(14-16-43)35-88-61-58(57-39(4)51(69)28-54-50(57)29-71-80(54)56-12-10-11-25-87-56)48(42-17-18-42)27-49-59(61)73-66(89-34-38(3)86-9)74-64(49)90-47-23-24-77(31-47)67(85)91-68(6,7)8/h13-16,19-22,27-29,32,36-38,42,46-47,53,55-56,60,81-82H,10-12,17-18,23-26,30-31,33-35H2,1-9H3,(H,72,83)/t38-,46+,47-,53-,55-,56?,60-/m0/s1. The second-order valence-corrected chi connectivity index (χ2v) is 26.8. The maximum atomic E-state index is 16.9. The van der Waals surface area contributed by atoms with E-state index in [2.05, 4.69) is 20.6 Å². The Kier molecular flexibility index (Phi) is 18.6. The van der Waals surface area contributed by atoms with Gasteiger partial charge in [0.15, 0.2) is 12.0 Å². The number of aliphatic hydroxyl groups excluding tert-OH is 2. The highest BCUT2D eigenvalue weighted by Crippen LogP contribution is 2.54. The highest BCUT2D eigenvalue weighted by atomic mass is 32.1. The number of likely N-dealkylation sites (tertiary alicyclic amines) is 2. The number of carbonyl (C=O) groups excluding carboxylic acids is 3. The van der Waals surface area contributed by atoms with Crippen LogP contribution in [0.4, 0.5) is 9.18 Å². The van der Waals surface area contributed by atoms with Gasteiger partial charge in [-0.1, -0.05) is 67.6 Å². The van der Waals surface area contributed by atoms with Gasteiger partial charge in [-0.3, -0.25) is 9.59 Å². The first kappa shape index (κ1) is 64.0. The van der Waals surface area contributed by atoms with Gasteiger partial charge in [0.25, 0.3) is 0 Å². The number of fused-ring (bicyclic) bond motifs is 2. The number of rotatable bonds is 21. The summed E-state index contributed by atoms with van der Waals surface area (Å²) in [5, 5.41) is 39.5. The van der Waals surface area contributed by atoms with Crippen molar-refractivity contribution in [3.05, 3.63) is 112 Å². The van der Waals surface area contributed by atoms with Crippen LogP contribution in [0.25, 0.3) is 54.6 Å². The van der Waals surface area contributed by atoms with Crippen molar-refractivity contribution in [1.29, 1.82) is 0 Å². The first-order chi connectivity index (χ1) is 44.2. The zero-order valence-corrected chi connectivity index (χ0v) is 54.2. The van der Waals surface area contributed by atoms with Gasteiger partial charge in [0.1, 0.15) is 54.0 Å². The molecule has 3 aliphatic heterocycles. The SMILES string of the molecule is CO[C@@H](C)COc1nc(O[C@H]2CCN(C(=O)OC(C)(C)C)C2)c2cc(C3CC3)c(-c3c(C)c(F)cc4c3cnn4C3CCCCO3)c(OCc3ccc(-c4cn([C@H](C(=O)N5C[C@H](O)C[C@H]5C(=O)N[C@@H](CO)c5ccc(-c6scnc6C)cc5)C(C)C)nn4)cc3)c2n1. The van der Waals surface area contributed by atoms with Crippen LogP contribution in [0.1, 0.15) is 139 Å². The quantitative estimate of drug-likeness (QED) is 0.0604. The monoisotopic (exact) mass is 1280 g/mol. The molecule has 3 amide bonds. The average Bonchev–Trinajstić information content (AvgIpc) is 1.33. The molecule has 1 unspecified atom stereocenters. The number of ether oxygens (including phenoxy) is 6. The van der Waals surface area contributed by atoms with Crippen molar-refractivity contribution in [2.75, 3.05) is 46.6 Å². The molecule has 4 aliphatic rings. The Morgan fingerprint density at radius 2 is 1.70 bits per heavy atom. The summed E-state index contributed by atoms with van der Waals surface area (Å²) in [5.74, 6) is -0.936. The van der Waals surface area contributed by atoms with Gasteiger partial charge in [-0.05, 0) is 119 Å². The Morgan fingerprint density at radius 1 is 0.924 bits per heavy atom. The lowest BCUT2D eigenvalue weighted by Gasteiger charge is -2.30. The molecule has 486 valence electrons. The number of amides is 3. The number of halogens is 1. The van der Waals surface area contributed by atoms with E-state index < -0.39 is 59.7 Å². The number of hydrogen-bond acceptors (Lipinski definition) is 18. The molecule has 24 heteroatoms. The average molecular weight is 1280 g/mol. The molecule has 1 saturated carbocycles. The van der Waals surface area contributed by atoms with Crippen molar-refractivity contribution >= 4 is 51.1 Å². The summed E-state index contributed by atoms with van der Waals surface area (Å²) in [6.07, 6.45) is 5.89. The number of aromatic nitrogens is 8. The van der Waals surface area contributed by atoms with Gasteiger partial charge in [-0.15, -0.1) is 16.4 Å². The molecule has 7 heterocycles. The van der Waals surface area contributed by atoms with Gasteiger partial charge in [0.05, 0.1) is 70.8 Å². The fourth-order valence-electron chi connectivity index (χ4n) is 12.5. The van der Waals surface area contributed by atoms with Gasteiger partial charge in [0, 0.05) is 67.8 Å². The summed E-state index contributed by atoms with van der Waals surface area (Å²) >= 11 is 1.53. The van der Waals surface area contributed by atoms with Crippen LogP contribution in [0.5, 0.6) is 17.6 Å². The molecular weight excluding hydrogens is 1200 g/mol. The zero-order chi connectivity index (χ0) is 64.7. The van der Waals surface area contributed by atoms with Crippen LogP contribution in [0.3, 0.4) is 0 Å². The van der Waals surface area contributed by atoms with Crippen molar-refractivity contribution < 1.29 is 57.4 Å². The number of aryl methyl sites for hydroxylation is 1. The summed E-state index contributed by atoms with van der Waals surface area (Å²) in [7, 11) is 1.59. The number of carbonyl (C=O) groups is 3. The number of benzene rings is 4. The van der Waals surface area contributed by atoms with Crippen LogP contribution < -0.4 is 19.5 Å². The molecule has 4 aromatic carbocycles. The van der Waals surface area contributed by atoms with E-state index in [1.807, 2.05) is 103 Å². The Hall–Kier alpha value is -8.16. The van der Waals surface area contributed by atoms with E-state index in [9.17, 15) is 24.6 Å². The third-order valence-corrected chi connectivity index (χ3v) is 18.6.